The first-order chi connectivity index (χ1) is 18.8. The fourth-order valence-electron chi connectivity index (χ4n) is 4.33. The van der Waals surface area contributed by atoms with E-state index in [9.17, 15) is 31.5 Å². The minimum Gasteiger partial charge on any atom is -0.444 e. The Morgan fingerprint density at radius 3 is 2.49 bits per heavy atom. The van der Waals surface area contributed by atoms with Crippen molar-refractivity contribution in [2.24, 2.45) is 5.92 Å². The zero-order chi connectivity index (χ0) is 30.5. The summed E-state index contributed by atoms with van der Waals surface area (Å²) in [6.07, 6.45) is -2.87. The van der Waals surface area contributed by atoms with Crippen molar-refractivity contribution >= 4 is 29.4 Å². The molecule has 2 aliphatic rings. The molecule has 3 heterocycles. The van der Waals surface area contributed by atoms with Crippen molar-refractivity contribution in [2.45, 2.75) is 82.8 Å². The Morgan fingerprint density at radius 2 is 1.90 bits per heavy atom. The quantitative estimate of drug-likeness (QED) is 0.387. The molecule has 10 nitrogen and oxygen atoms in total. The lowest BCUT2D eigenvalue weighted by Gasteiger charge is -2.38. The van der Waals surface area contributed by atoms with Gasteiger partial charge in [0, 0.05) is 5.56 Å². The maximum atomic E-state index is 14.2. The van der Waals surface area contributed by atoms with E-state index in [1.807, 2.05) is 0 Å². The molecule has 4 rings (SSSR count). The number of aromatic nitrogens is 3. The average molecular weight is 611 g/mol. The number of alkyl halides is 5. The van der Waals surface area contributed by atoms with Crippen molar-refractivity contribution < 1.29 is 41.0 Å². The molecule has 2 N–H and O–H groups in total. The number of ether oxygens (including phenoxy) is 2. The average Bonchev–Trinajstić information content (AvgIpc) is 3.56. The van der Waals surface area contributed by atoms with Crippen LogP contribution in [-0.4, -0.2) is 74.6 Å². The highest BCUT2D eigenvalue weighted by Gasteiger charge is 2.49. The summed E-state index contributed by atoms with van der Waals surface area (Å²) in [6.45, 7) is 4.39. The predicted octanol–water partition coefficient (Wildman–Crippen LogP) is 5.42. The molecule has 1 saturated carbocycles. The largest absolute Gasteiger partial charge is 0.444 e. The highest BCUT2D eigenvalue weighted by molar-refractivity contribution is 6.30. The van der Waals surface area contributed by atoms with Crippen molar-refractivity contribution in [3.05, 3.63) is 28.7 Å². The molecule has 16 heteroatoms. The van der Waals surface area contributed by atoms with E-state index in [-0.39, 0.29) is 22.4 Å². The molecule has 2 aromatic heterocycles. The first-order valence-electron chi connectivity index (χ1n) is 12.9. The summed E-state index contributed by atoms with van der Waals surface area (Å²) in [6, 6.07) is -1.15. The third-order valence-corrected chi connectivity index (χ3v) is 6.97. The standard InChI is InChI=1S/C25H32ClF5N6O4/c1-22(2,3)41-21(39)34-16(10-40-23(4,5)25(29,30)31)15-9-37-17(33-15)8-14(19(26)35-37)18(13-6-7-13)36-12-24(27,28)11-32-20(36)38/h8-9,13,16,18H,6-7,10-12H2,1-5H3,(H,32,38)(H,34,39)/t16-,18+/m0/s1. The van der Waals surface area contributed by atoms with Gasteiger partial charge < -0.3 is 25.0 Å². The number of urea groups is 1. The number of hydrogen-bond acceptors (Lipinski definition) is 6. The Labute approximate surface area is 237 Å². The first kappa shape index (κ1) is 31.0. The first-order valence-corrected chi connectivity index (χ1v) is 13.3. The number of hydrogen-bond donors (Lipinski definition) is 2. The second-order valence-corrected chi connectivity index (χ2v) is 12.2. The Balaban J connectivity index is 1.68. The fourth-order valence-corrected chi connectivity index (χ4v) is 4.58. The monoisotopic (exact) mass is 610 g/mol. The molecule has 3 amide bonds. The van der Waals surface area contributed by atoms with E-state index in [0.717, 1.165) is 18.7 Å². The molecule has 0 spiro atoms. The van der Waals surface area contributed by atoms with Gasteiger partial charge in [0.1, 0.15) is 5.60 Å². The van der Waals surface area contributed by atoms with Gasteiger partial charge in [-0.25, -0.2) is 27.9 Å². The summed E-state index contributed by atoms with van der Waals surface area (Å²) >= 11 is 6.48. The number of rotatable bonds is 8. The number of alkyl carbamates (subject to hydrolysis) is 1. The van der Waals surface area contributed by atoms with E-state index in [2.05, 4.69) is 20.7 Å². The van der Waals surface area contributed by atoms with Crippen LogP contribution in [0.3, 0.4) is 0 Å². The van der Waals surface area contributed by atoms with Crippen molar-refractivity contribution in [2.75, 3.05) is 19.7 Å². The van der Waals surface area contributed by atoms with Gasteiger partial charge in [0.05, 0.1) is 43.7 Å². The van der Waals surface area contributed by atoms with Gasteiger partial charge in [-0.2, -0.15) is 18.3 Å². The molecule has 0 unspecified atom stereocenters. The zero-order valence-corrected chi connectivity index (χ0v) is 23.9. The molecule has 228 valence electrons. The van der Waals surface area contributed by atoms with Gasteiger partial charge in [-0.3, -0.25) is 0 Å². The lowest BCUT2D eigenvalue weighted by Crippen LogP contribution is -2.58. The lowest BCUT2D eigenvalue weighted by molar-refractivity contribution is -0.265. The number of halogens is 6. The number of nitrogens with zero attached hydrogens (tertiary/aromatic N) is 4. The van der Waals surface area contributed by atoms with E-state index < -0.39 is 67.2 Å². The van der Waals surface area contributed by atoms with E-state index >= 15 is 0 Å². The molecule has 1 aliphatic carbocycles. The molecular formula is C25H32ClF5N6O4. The maximum absolute atomic E-state index is 14.2. The number of fused-ring (bicyclic) bond motifs is 1. The van der Waals surface area contributed by atoms with Gasteiger partial charge in [0.15, 0.2) is 16.4 Å². The molecule has 1 aliphatic heterocycles. The van der Waals surface area contributed by atoms with Crippen LogP contribution in [0.15, 0.2) is 12.3 Å². The molecule has 2 atom stereocenters. The number of amides is 3. The summed E-state index contributed by atoms with van der Waals surface area (Å²) in [4.78, 5) is 30.6. The molecule has 2 fully saturated rings. The van der Waals surface area contributed by atoms with Gasteiger partial charge >= 0.3 is 18.3 Å². The fraction of sp³-hybridized carbons (Fsp3) is 0.680. The highest BCUT2D eigenvalue weighted by Crippen LogP contribution is 2.47. The van der Waals surface area contributed by atoms with E-state index in [4.69, 9.17) is 21.1 Å². The van der Waals surface area contributed by atoms with Crippen molar-refractivity contribution in [3.8, 4) is 0 Å². The summed E-state index contributed by atoms with van der Waals surface area (Å²) in [5.74, 6) is -3.26. The van der Waals surface area contributed by atoms with Crippen molar-refractivity contribution in [1.82, 2.24) is 30.1 Å². The summed E-state index contributed by atoms with van der Waals surface area (Å²) in [5, 5.41) is 8.89. The number of imidazole rings is 1. The van der Waals surface area contributed by atoms with Crippen LogP contribution >= 0.6 is 11.6 Å². The van der Waals surface area contributed by atoms with E-state index in [1.54, 1.807) is 20.8 Å². The Hall–Kier alpha value is -2.94. The number of nitrogens with one attached hydrogen (secondary N) is 2. The van der Waals surface area contributed by atoms with Gasteiger partial charge in [-0.15, -0.1) is 0 Å². The molecule has 0 aromatic carbocycles. The van der Waals surface area contributed by atoms with Crippen LogP contribution < -0.4 is 10.6 Å². The molecule has 0 bridgehead atoms. The molecular weight excluding hydrogens is 579 g/mol. The Kier molecular flexibility index (Phi) is 8.10. The summed E-state index contributed by atoms with van der Waals surface area (Å²) in [7, 11) is 0. The minimum atomic E-state index is -4.69. The second-order valence-electron chi connectivity index (χ2n) is 11.8. The highest BCUT2D eigenvalue weighted by atomic mass is 35.5. The lowest BCUT2D eigenvalue weighted by atomic mass is 10.0. The number of carbonyl (C=O) groups is 2. The van der Waals surface area contributed by atoms with Crippen LogP contribution in [0.4, 0.5) is 31.5 Å². The molecule has 2 aromatic rings. The topological polar surface area (TPSA) is 110 Å². The molecule has 1 saturated heterocycles. The molecule has 0 radical (unpaired) electrons. The SMILES string of the molecule is CC(C)(C)OC(=O)N[C@@H](COC(C)(C)C(F)(F)F)c1cn2nc(Cl)c([C@@H](C3CC3)N3CC(F)(F)CNC3=O)cc2n1. The smallest absolute Gasteiger partial charge is 0.416 e. The van der Waals surface area contributed by atoms with Crippen LogP contribution in [0.1, 0.15) is 70.8 Å². The maximum Gasteiger partial charge on any atom is 0.416 e. The van der Waals surface area contributed by atoms with Gasteiger partial charge in [-0.05, 0) is 59.4 Å². The van der Waals surface area contributed by atoms with Crippen molar-refractivity contribution in [1.29, 1.82) is 0 Å². The normalized spacial score (nSPS) is 19.6. The zero-order valence-electron chi connectivity index (χ0n) is 23.1. The predicted molar refractivity (Wildman–Crippen MR) is 137 cm³/mol. The minimum absolute atomic E-state index is 0.0638. The van der Waals surface area contributed by atoms with Crippen molar-refractivity contribution in [3.63, 3.8) is 0 Å². The number of carbonyl (C=O) groups excluding carboxylic acids is 2. The third-order valence-electron chi connectivity index (χ3n) is 6.68. The third kappa shape index (κ3) is 7.29. The van der Waals surface area contributed by atoms with E-state index in [0.29, 0.717) is 18.4 Å². The van der Waals surface area contributed by atoms with Crippen LogP contribution in [0.2, 0.25) is 5.15 Å². The Bertz CT molecular complexity index is 1310. The van der Waals surface area contributed by atoms with Crippen LogP contribution in [0, 0.1) is 5.92 Å². The molecule has 41 heavy (non-hydrogen) atoms. The Morgan fingerprint density at radius 1 is 1.24 bits per heavy atom. The van der Waals surface area contributed by atoms with E-state index in [1.165, 1.54) is 16.8 Å². The van der Waals surface area contributed by atoms with Crippen LogP contribution in [0.25, 0.3) is 5.65 Å². The van der Waals surface area contributed by atoms with Gasteiger partial charge in [0.25, 0.3) is 5.92 Å². The summed E-state index contributed by atoms with van der Waals surface area (Å²) < 4.78 is 80.4. The van der Waals surface area contributed by atoms with Crippen LogP contribution in [-0.2, 0) is 9.47 Å². The van der Waals surface area contributed by atoms with Gasteiger partial charge in [-0.1, -0.05) is 11.6 Å². The summed E-state index contributed by atoms with van der Waals surface area (Å²) in [5.41, 5.74) is -2.87. The second kappa shape index (κ2) is 10.7. The van der Waals surface area contributed by atoms with Gasteiger partial charge in [0.2, 0.25) is 0 Å². The van der Waals surface area contributed by atoms with Crippen LogP contribution in [0.5, 0.6) is 0 Å².